The number of hydrogen-bond donors (Lipinski definition) is 2. The van der Waals surface area contributed by atoms with Gasteiger partial charge >= 0.3 is 159 Å². The quantitative estimate of drug-likeness (QED) is 0.330. The average Bonchev–Trinajstić information content (AvgIpc) is 2.66. The number of halogens is 3. The molecule has 0 saturated carbocycles. The molecule has 0 aliphatic carbocycles. The summed E-state index contributed by atoms with van der Waals surface area (Å²) >= 11 is 0.136. The van der Waals surface area contributed by atoms with Crippen molar-refractivity contribution in [1.82, 2.24) is 0 Å². The number of benzene rings is 2. The van der Waals surface area contributed by atoms with E-state index in [1.165, 1.54) is 9.65 Å². The van der Waals surface area contributed by atoms with Crippen molar-refractivity contribution in [2.24, 2.45) is 11.5 Å². The van der Waals surface area contributed by atoms with Crippen LogP contribution in [0.4, 0.5) is 8.78 Å². The van der Waals surface area contributed by atoms with Crippen LogP contribution in [0.25, 0.3) is 0 Å². The van der Waals surface area contributed by atoms with Crippen LogP contribution < -0.4 is 15.0 Å². The second-order valence-corrected chi connectivity index (χ2v) is 42.4. The summed E-state index contributed by atoms with van der Waals surface area (Å²) < 4.78 is 28.4. The van der Waals surface area contributed by atoms with E-state index < -0.39 is 57.9 Å². The Balaban J connectivity index is 0. The molecule has 4 N–H and O–H groups in total. The predicted molar refractivity (Wildman–Crippen MR) is 156 cm³/mol. The molecule has 33 heavy (non-hydrogen) atoms. The number of rotatable bonds is 5. The van der Waals surface area contributed by atoms with Crippen molar-refractivity contribution >= 4 is 77.4 Å². The molecule has 2 nitrogen and oxygen atoms in total. The first kappa shape index (κ1) is 36.3. The minimum absolute atomic E-state index is 0.116. The van der Waals surface area contributed by atoms with Crippen molar-refractivity contribution in [2.75, 3.05) is 13.1 Å². The van der Waals surface area contributed by atoms with E-state index in [1.54, 1.807) is 18.2 Å². The second kappa shape index (κ2) is 20.2. The first-order valence-electron chi connectivity index (χ1n) is 11.3. The zero-order valence-electron chi connectivity index (χ0n) is 22.1. The zero-order chi connectivity index (χ0) is 26.2. The molecule has 0 saturated heterocycles. The number of hydrogen-bond acceptors (Lipinski definition) is 2. The summed E-state index contributed by atoms with van der Waals surface area (Å²) in [6.45, 7) is 0.993. The SMILES string of the molecule is NCCc1cc(Br)ccc1F.[CH3][Sn]([CH3])([CH3])[c]1ccc(F)c(CCN)c1.[CH3][Sn]([CH3])[CH3].[CH3][Sn]([CH3])[CH3]. The molecule has 2 rings (SSSR count). The first-order chi connectivity index (χ1) is 15.1. The van der Waals surface area contributed by atoms with E-state index in [-0.39, 0.29) is 11.6 Å². The summed E-state index contributed by atoms with van der Waals surface area (Å²) in [6.07, 6.45) is 1.23. The van der Waals surface area contributed by atoms with E-state index in [1.807, 2.05) is 12.1 Å². The summed E-state index contributed by atoms with van der Waals surface area (Å²) in [5, 5.41) is 0. The van der Waals surface area contributed by atoms with E-state index in [0.717, 1.165) is 10.0 Å². The van der Waals surface area contributed by atoms with E-state index in [2.05, 4.69) is 60.4 Å². The maximum atomic E-state index is 13.3. The van der Waals surface area contributed by atoms with Crippen molar-refractivity contribution in [3.05, 3.63) is 63.6 Å². The van der Waals surface area contributed by atoms with Crippen LogP contribution in [-0.2, 0) is 12.8 Å². The summed E-state index contributed by atoms with van der Waals surface area (Å²) in [4.78, 5) is 21.2. The van der Waals surface area contributed by atoms with Crippen LogP contribution >= 0.6 is 15.9 Å². The molecule has 188 valence electrons. The van der Waals surface area contributed by atoms with Gasteiger partial charge in [-0.15, -0.1) is 0 Å². The van der Waals surface area contributed by atoms with E-state index in [9.17, 15) is 8.78 Å². The fourth-order valence-electron chi connectivity index (χ4n) is 2.28. The van der Waals surface area contributed by atoms with Gasteiger partial charge in [-0.1, -0.05) is 15.9 Å². The van der Waals surface area contributed by atoms with Crippen LogP contribution in [0.15, 0.2) is 40.9 Å². The van der Waals surface area contributed by atoms with Crippen molar-refractivity contribution < 1.29 is 8.78 Å². The van der Waals surface area contributed by atoms with Gasteiger partial charge in [-0.3, -0.25) is 0 Å². The third-order valence-electron chi connectivity index (χ3n) is 3.75. The monoisotopic (exact) mass is 850 g/mol. The van der Waals surface area contributed by atoms with Crippen molar-refractivity contribution in [1.29, 1.82) is 0 Å². The van der Waals surface area contributed by atoms with Gasteiger partial charge in [-0.05, 0) is 36.7 Å². The fourth-order valence-corrected chi connectivity index (χ4v) is 6.09. The van der Waals surface area contributed by atoms with E-state index in [4.69, 9.17) is 11.5 Å². The molecule has 2 radical (unpaired) electrons. The Kier molecular flexibility index (Phi) is 22.2. The molecule has 0 spiro atoms. The van der Waals surface area contributed by atoms with Gasteiger partial charge in [0, 0.05) is 4.47 Å². The van der Waals surface area contributed by atoms with Gasteiger partial charge in [-0.2, -0.15) is 0 Å². The number of nitrogens with two attached hydrogens (primary N) is 2. The summed E-state index contributed by atoms with van der Waals surface area (Å²) in [6, 6.07) is 10.4. The molecule has 2 aromatic carbocycles. The Labute approximate surface area is 229 Å². The standard InChI is InChI=1S/C8H9BrFN.C8H9FN.9CH3.3Sn/c9-7-1-2-8(10)6(5-7)3-4-11;9-8-4-2-1-3-7(8)5-6-10;;;;;;;;;;;;/h1-2,5H,3-4,11H2;2-4H,5-6,10H2;9*1H3;;;. The summed E-state index contributed by atoms with van der Waals surface area (Å²) in [5.74, 6) is -0.298. The average molecular weight is 848 g/mol. The van der Waals surface area contributed by atoms with Crippen molar-refractivity contribution in [3.63, 3.8) is 0 Å². The van der Waals surface area contributed by atoms with Crippen molar-refractivity contribution in [2.45, 2.75) is 57.3 Å². The molecular weight excluding hydrogens is 802 g/mol. The third-order valence-corrected chi connectivity index (χ3v) is 10.1. The molecule has 2 aromatic rings. The molecule has 0 bridgehead atoms. The molecule has 0 aliphatic heterocycles. The fraction of sp³-hybridized carbons (Fsp3) is 0.520. The Morgan fingerprint density at radius 3 is 1.45 bits per heavy atom. The molecule has 8 heteroatoms. The van der Waals surface area contributed by atoms with Gasteiger partial charge in [-0.25, -0.2) is 4.39 Å². The third kappa shape index (κ3) is 20.9. The van der Waals surface area contributed by atoms with Crippen LogP contribution in [-0.4, -0.2) is 71.0 Å². The molecule has 0 unspecified atom stereocenters. The van der Waals surface area contributed by atoms with Gasteiger partial charge in [0.15, 0.2) is 0 Å². The zero-order valence-corrected chi connectivity index (χ0v) is 32.2. The topological polar surface area (TPSA) is 52.0 Å². The Hall–Kier alpha value is 1.10. The van der Waals surface area contributed by atoms with Crippen LogP contribution in [0.1, 0.15) is 11.1 Å². The van der Waals surface area contributed by atoms with E-state index in [0.29, 0.717) is 31.5 Å². The van der Waals surface area contributed by atoms with Crippen molar-refractivity contribution in [3.8, 4) is 0 Å². The van der Waals surface area contributed by atoms with Gasteiger partial charge in [0.05, 0.1) is 0 Å². The van der Waals surface area contributed by atoms with Gasteiger partial charge in [0.2, 0.25) is 0 Å². The minimum atomic E-state index is -2.04. The molecule has 0 aromatic heterocycles. The maximum absolute atomic E-state index is 13.3. The second-order valence-electron chi connectivity index (χ2n) is 9.87. The molecule has 0 heterocycles. The van der Waals surface area contributed by atoms with Crippen LogP contribution in [0.5, 0.6) is 0 Å². The summed E-state index contributed by atoms with van der Waals surface area (Å²) in [7, 11) is 0. The van der Waals surface area contributed by atoms with Crippen LogP contribution in [0.3, 0.4) is 0 Å². The van der Waals surface area contributed by atoms with Gasteiger partial charge < -0.3 is 5.73 Å². The molecule has 0 aliphatic rings. The predicted octanol–water partition coefficient (Wildman–Crippen LogP) is 6.70. The molecule has 0 amide bonds. The van der Waals surface area contributed by atoms with Crippen LogP contribution in [0.2, 0.25) is 44.5 Å². The van der Waals surface area contributed by atoms with Gasteiger partial charge in [0.1, 0.15) is 5.82 Å². The normalized spacial score (nSPS) is 10.5. The Morgan fingerprint density at radius 2 is 1.09 bits per heavy atom. The van der Waals surface area contributed by atoms with Crippen LogP contribution in [0, 0.1) is 11.6 Å². The molecule has 0 fully saturated rings. The Bertz CT molecular complexity index is 771. The van der Waals surface area contributed by atoms with Gasteiger partial charge in [0.25, 0.3) is 0 Å². The first-order valence-corrected chi connectivity index (χ1v) is 39.2. The summed E-state index contributed by atoms with van der Waals surface area (Å²) in [5.41, 5.74) is 12.2. The molecular formula is C25H45BrF2N2Sn3. The Morgan fingerprint density at radius 1 is 0.727 bits per heavy atom. The molecule has 0 atom stereocenters. The van der Waals surface area contributed by atoms with E-state index >= 15 is 0 Å².